The van der Waals surface area contributed by atoms with Gasteiger partial charge < -0.3 is 19.5 Å². The average molecular weight is 327 g/mol. The standard InChI is InChI=1S/C18H17NO5/c1-11-9-12(18(21)22-2)7-8-13(11)19-17(20)16-10-23-14-5-3-4-6-15(14)24-16/h3-9,16H,10H2,1-2H3,(H,19,20)/t16-/m1/s1. The van der Waals surface area contributed by atoms with Crippen molar-refractivity contribution < 1.29 is 23.8 Å². The lowest BCUT2D eigenvalue weighted by atomic mass is 10.1. The molecule has 1 N–H and O–H groups in total. The number of rotatable bonds is 3. The molecule has 3 rings (SSSR count). The van der Waals surface area contributed by atoms with Crippen molar-refractivity contribution in [3.05, 3.63) is 53.6 Å². The molecule has 0 saturated heterocycles. The van der Waals surface area contributed by atoms with Gasteiger partial charge in [0.05, 0.1) is 12.7 Å². The lowest BCUT2D eigenvalue weighted by Crippen LogP contribution is -2.40. The topological polar surface area (TPSA) is 73.9 Å². The predicted octanol–water partition coefficient (Wildman–Crippen LogP) is 2.56. The van der Waals surface area contributed by atoms with Gasteiger partial charge >= 0.3 is 5.97 Å². The maximum absolute atomic E-state index is 12.4. The molecular weight excluding hydrogens is 310 g/mol. The van der Waals surface area contributed by atoms with Crippen LogP contribution in [0.3, 0.4) is 0 Å². The van der Waals surface area contributed by atoms with Gasteiger partial charge in [0.15, 0.2) is 11.5 Å². The molecule has 6 heteroatoms. The molecule has 0 bridgehead atoms. The van der Waals surface area contributed by atoms with E-state index in [0.29, 0.717) is 22.7 Å². The maximum atomic E-state index is 12.4. The number of benzene rings is 2. The van der Waals surface area contributed by atoms with Gasteiger partial charge in [0.1, 0.15) is 6.61 Å². The summed E-state index contributed by atoms with van der Waals surface area (Å²) in [6, 6.07) is 12.1. The van der Waals surface area contributed by atoms with Crippen LogP contribution >= 0.6 is 0 Å². The van der Waals surface area contributed by atoms with Crippen LogP contribution in [0.5, 0.6) is 11.5 Å². The predicted molar refractivity (Wildman–Crippen MR) is 87.5 cm³/mol. The summed E-state index contributed by atoms with van der Waals surface area (Å²) in [6.07, 6.45) is -0.736. The molecule has 0 saturated carbocycles. The first-order chi connectivity index (χ1) is 11.6. The lowest BCUT2D eigenvalue weighted by molar-refractivity contribution is -0.125. The molecule has 2 aromatic rings. The normalized spacial score (nSPS) is 15.5. The molecule has 1 atom stereocenters. The number of nitrogens with one attached hydrogen (secondary N) is 1. The highest BCUT2D eigenvalue weighted by Crippen LogP contribution is 2.31. The van der Waals surface area contributed by atoms with E-state index in [9.17, 15) is 9.59 Å². The average Bonchev–Trinajstić information content (AvgIpc) is 2.62. The number of carbonyl (C=O) groups excluding carboxylic acids is 2. The van der Waals surface area contributed by atoms with Crippen molar-refractivity contribution in [3.63, 3.8) is 0 Å². The Balaban J connectivity index is 1.70. The number of hydrogen-bond donors (Lipinski definition) is 1. The van der Waals surface area contributed by atoms with Crippen molar-refractivity contribution in [3.8, 4) is 11.5 Å². The zero-order valence-electron chi connectivity index (χ0n) is 13.4. The third kappa shape index (κ3) is 3.17. The number of fused-ring (bicyclic) bond motifs is 1. The van der Waals surface area contributed by atoms with Gasteiger partial charge in [0.25, 0.3) is 5.91 Å². The second-order valence-corrected chi connectivity index (χ2v) is 5.37. The summed E-state index contributed by atoms with van der Waals surface area (Å²) in [5.41, 5.74) is 1.79. The summed E-state index contributed by atoms with van der Waals surface area (Å²) in [5.74, 6) is 0.442. The van der Waals surface area contributed by atoms with E-state index in [1.54, 1.807) is 37.3 Å². The Morgan fingerprint density at radius 1 is 1.17 bits per heavy atom. The Morgan fingerprint density at radius 3 is 2.62 bits per heavy atom. The Labute approximate surface area is 139 Å². The summed E-state index contributed by atoms with van der Waals surface area (Å²) in [6.45, 7) is 1.94. The van der Waals surface area contributed by atoms with Gasteiger partial charge in [-0.2, -0.15) is 0 Å². The summed E-state index contributed by atoms with van der Waals surface area (Å²) >= 11 is 0. The van der Waals surface area contributed by atoms with E-state index >= 15 is 0 Å². The fraction of sp³-hybridized carbons (Fsp3) is 0.222. The van der Waals surface area contributed by atoms with E-state index in [-0.39, 0.29) is 12.5 Å². The van der Waals surface area contributed by atoms with Gasteiger partial charge in [0, 0.05) is 5.69 Å². The van der Waals surface area contributed by atoms with Crippen LogP contribution < -0.4 is 14.8 Å². The van der Waals surface area contributed by atoms with Crippen molar-refractivity contribution in [2.75, 3.05) is 19.0 Å². The van der Waals surface area contributed by atoms with Crippen LogP contribution in [0.25, 0.3) is 0 Å². The molecule has 1 aliphatic heterocycles. The summed E-state index contributed by atoms with van der Waals surface area (Å²) in [4.78, 5) is 23.9. The molecule has 6 nitrogen and oxygen atoms in total. The largest absolute Gasteiger partial charge is 0.485 e. The highest BCUT2D eigenvalue weighted by molar-refractivity contribution is 5.96. The minimum atomic E-state index is -0.736. The second-order valence-electron chi connectivity index (χ2n) is 5.37. The Morgan fingerprint density at radius 2 is 1.92 bits per heavy atom. The van der Waals surface area contributed by atoms with E-state index in [1.165, 1.54) is 7.11 Å². The van der Waals surface area contributed by atoms with Crippen LogP contribution in [0.15, 0.2) is 42.5 Å². The van der Waals surface area contributed by atoms with Gasteiger partial charge in [-0.3, -0.25) is 4.79 Å². The van der Waals surface area contributed by atoms with E-state index < -0.39 is 12.1 Å². The van der Waals surface area contributed by atoms with E-state index in [0.717, 1.165) is 5.56 Å². The minimum Gasteiger partial charge on any atom is -0.485 e. The molecule has 0 spiro atoms. The lowest BCUT2D eigenvalue weighted by Gasteiger charge is -2.25. The quantitative estimate of drug-likeness (QED) is 0.877. The zero-order chi connectivity index (χ0) is 17.1. The first-order valence-corrected chi connectivity index (χ1v) is 7.47. The third-order valence-corrected chi connectivity index (χ3v) is 3.71. The number of aryl methyl sites for hydroxylation is 1. The number of esters is 1. The number of carbonyl (C=O) groups is 2. The molecule has 0 aliphatic carbocycles. The van der Waals surface area contributed by atoms with Gasteiger partial charge in [-0.1, -0.05) is 12.1 Å². The monoisotopic (exact) mass is 327 g/mol. The fourth-order valence-corrected chi connectivity index (χ4v) is 2.41. The number of methoxy groups -OCH3 is 1. The van der Waals surface area contributed by atoms with Gasteiger partial charge in [-0.05, 0) is 42.8 Å². The van der Waals surface area contributed by atoms with Crippen molar-refractivity contribution in [1.82, 2.24) is 0 Å². The third-order valence-electron chi connectivity index (χ3n) is 3.71. The number of para-hydroxylation sites is 2. The zero-order valence-corrected chi connectivity index (χ0v) is 13.4. The van der Waals surface area contributed by atoms with E-state index in [2.05, 4.69) is 10.1 Å². The van der Waals surface area contributed by atoms with Crippen LogP contribution in [0, 0.1) is 6.92 Å². The van der Waals surface area contributed by atoms with Gasteiger partial charge in [-0.25, -0.2) is 4.79 Å². The van der Waals surface area contributed by atoms with E-state index in [4.69, 9.17) is 9.47 Å². The van der Waals surface area contributed by atoms with Gasteiger partial charge in [0.2, 0.25) is 6.10 Å². The summed E-state index contributed by atoms with van der Waals surface area (Å²) in [7, 11) is 1.33. The van der Waals surface area contributed by atoms with Crippen LogP contribution in [0.4, 0.5) is 5.69 Å². The fourth-order valence-electron chi connectivity index (χ4n) is 2.41. The highest BCUT2D eigenvalue weighted by Gasteiger charge is 2.27. The van der Waals surface area contributed by atoms with Gasteiger partial charge in [-0.15, -0.1) is 0 Å². The molecule has 0 fully saturated rings. The van der Waals surface area contributed by atoms with Crippen LogP contribution in [0.1, 0.15) is 15.9 Å². The van der Waals surface area contributed by atoms with Crippen molar-refractivity contribution in [1.29, 1.82) is 0 Å². The van der Waals surface area contributed by atoms with Crippen molar-refractivity contribution in [2.24, 2.45) is 0 Å². The first kappa shape index (κ1) is 15.9. The van der Waals surface area contributed by atoms with E-state index in [1.807, 2.05) is 12.1 Å². The van der Waals surface area contributed by atoms with Crippen LogP contribution in [0.2, 0.25) is 0 Å². The first-order valence-electron chi connectivity index (χ1n) is 7.47. The SMILES string of the molecule is COC(=O)c1ccc(NC(=O)[C@H]2COc3ccccc3O2)c(C)c1. The van der Waals surface area contributed by atoms with Crippen LogP contribution in [-0.2, 0) is 9.53 Å². The summed E-state index contributed by atoms with van der Waals surface area (Å²) in [5, 5.41) is 2.80. The summed E-state index contributed by atoms with van der Waals surface area (Å²) < 4.78 is 15.9. The molecule has 1 amide bonds. The number of ether oxygens (including phenoxy) is 3. The maximum Gasteiger partial charge on any atom is 0.337 e. The van der Waals surface area contributed by atoms with Crippen LogP contribution in [-0.4, -0.2) is 31.7 Å². The molecular formula is C18H17NO5. The molecule has 0 unspecified atom stereocenters. The Hall–Kier alpha value is -3.02. The molecule has 1 heterocycles. The number of hydrogen-bond acceptors (Lipinski definition) is 5. The minimum absolute atomic E-state index is 0.141. The molecule has 0 aromatic heterocycles. The number of anilines is 1. The highest BCUT2D eigenvalue weighted by atomic mass is 16.6. The molecule has 124 valence electrons. The second kappa shape index (κ2) is 6.62. The number of amides is 1. The smallest absolute Gasteiger partial charge is 0.337 e. The van der Waals surface area contributed by atoms with Crippen molar-refractivity contribution in [2.45, 2.75) is 13.0 Å². The molecule has 1 aliphatic rings. The molecule has 0 radical (unpaired) electrons. The Bertz CT molecular complexity index is 787. The Kier molecular flexibility index (Phi) is 4.37. The molecule has 2 aromatic carbocycles. The van der Waals surface area contributed by atoms with Crippen molar-refractivity contribution >= 4 is 17.6 Å². The molecule has 24 heavy (non-hydrogen) atoms.